The maximum absolute atomic E-state index is 13.0. The van der Waals surface area contributed by atoms with E-state index in [2.05, 4.69) is 0 Å². The van der Waals surface area contributed by atoms with Crippen LogP contribution in [0.5, 0.6) is 0 Å². The lowest BCUT2D eigenvalue weighted by atomic mass is 9.70. The molecule has 3 aliphatic heterocycles. The third kappa shape index (κ3) is 2.28. The van der Waals surface area contributed by atoms with Crippen molar-refractivity contribution in [1.29, 1.82) is 0 Å². The predicted octanol–water partition coefficient (Wildman–Crippen LogP) is 1.79. The SMILES string of the molecule is O=C(O)CN1CC2N(C(=O)c3cccs3)C3CCC2(CC3)OC1=O. The first-order chi connectivity index (χ1) is 11.5. The van der Waals surface area contributed by atoms with Gasteiger partial charge in [-0.3, -0.25) is 14.5 Å². The van der Waals surface area contributed by atoms with Crippen LogP contribution in [0.1, 0.15) is 35.4 Å². The van der Waals surface area contributed by atoms with Gasteiger partial charge in [0.15, 0.2) is 0 Å². The van der Waals surface area contributed by atoms with Crippen molar-refractivity contribution < 1.29 is 24.2 Å². The molecule has 0 radical (unpaired) electrons. The number of fused-ring (bicyclic) bond motifs is 2. The van der Waals surface area contributed by atoms with Gasteiger partial charge in [0, 0.05) is 12.6 Å². The van der Waals surface area contributed by atoms with Crippen molar-refractivity contribution in [1.82, 2.24) is 9.80 Å². The third-order valence-electron chi connectivity index (χ3n) is 5.37. The summed E-state index contributed by atoms with van der Waals surface area (Å²) in [7, 11) is 0. The summed E-state index contributed by atoms with van der Waals surface area (Å²) in [6, 6.07) is 3.49. The Balaban J connectivity index is 1.66. The van der Waals surface area contributed by atoms with Crippen LogP contribution in [0.2, 0.25) is 0 Å². The Morgan fingerprint density at radius 2 is 2.12 bits per heavy atom. The largest absolute Gasteiger partial charge is 0.480 e. The summed E-state index contributed by atoms with van der Waals surface area (Å²) in [5.74, 6) is -1.13. The maximum Gasteiger partial charge on any atom is 0.411 e. The van der Waals surface area contributed by atoms with Crippen LogP contribution < -0.4 is 0 Å². The first kappa shape index (κ1) is 15.4. The van der Waals surface area contributed by atoms with Gasteiger partial charge in [-0.2, -0.15) is 0 Å². The lowest BCUT2D eigenvalue weighted by molar-refractivity contribution is -0.167. The lowest BCUT2D eigenvalue weighted by Gasteiger charge is -2.60. The van der Waals surface area contributed by atoms with Crippen molar-refractivity contribution in [2.45, 2.75) is 43.4 Å². The van der Waals surface area contributed by atoms with Crippen LogP contribution in [0, 0.1) is 0 Å². The van der Waals surface area contributed by atoms with Gasteiger partial charge in [-0.1, -0.05) is 6.07 Å². The van der Waals surface area contributed by atoms with Crippen LogP contribution in [-0.2, 0) is 9.53 Å². The van der Waals surface area contributed by atoms with E-state index in [1.165, 1.54) is 16.2 Å². The molecule has 1 unspecified atom stereocenters. The number of thiophene rings is 1. The number of nitrogens with zero attached hydrogens (tertiary/aromatic N) is 2. The Morgan fingerprint density at radius 1 is 1.38 bits per heavy atom. The Hall–Kier alpha value is -2.09. The summed E-state index contributed by atoms with van der Waals surface area (Å²) in [5.41, 5.74) is -0.659. The minimum Gasteiger partial charge on any atom is -0.480 e. The van der Waals surface area contributed by atoms with Crippen molar-refractivity contribution in [2.24, 2.45) is 0 Å². The topological polar surface area (TPSA) is 87.2 Å². The zero-order valence-corrected chi connectivity index (χ0v) is 13.8. The number of rotatable bonds is 3. The average molecular weight is 350 g/mol. The minimum atomic E-state index is -1.08. The second kappa shape index (κ2) is 5.47. The Bertz CT molecular complexity index is 681. The molecular weight excluding hydrogens is 332 g/mol. The van der Waals surface area contributed by atoms with Crippen LogP contribution in [0.25, 0.3) is 0 Å². The van der Waals surface area contributed by atoms with Crippen molar-refractivity contribution in [3.8, 4) is 0 Å². The Labute approximate surface area is 142 Å². The van der Waals surface area contributed by atoms with E-state index < -0.39 is 24.2 Å². The summed E-state index contributed by atoms with van der Waals surface area (Å²) < 4.78 is 5.71. The van der Waals surface area contributed by atoms with E-state index in [0.717, 1.165) is 25.7 Å². The fourth-order valence-corrected chi connectivity index (χ4v) is 4.95. The van der Waals surface area contributed by atoms with Crippen molar-refractivity contribution in [3.05, 3.63) is 22.4 Å². The van der Waals surface area contributed by atoms with Gasteiger partial charge in [0.05, 0.1) is 10.9 Å². The van der Waals surface area contributed by atoms with E-state index >= 15 is 0 Å². The van der Waals surface area contributed by atoms with Gasteiger partial charge in [0.1, 0.15) is 12.1 Å². The number of carboxylic acids is 1. The molecule has 3 saturated heterocycles. The third-order valence-corrected chi connectivity index (χ3v) is 6.23. The van der Waals surface area contributed by atoms with Gasteiger partial charge in [0.25, 0.3) is 5.91 Å². The molecule has 1 aromatic rings. The molecule has 2 bridgehead atoms. The monoisotopic (exact) mass is 350 g/mol. The van der Waals surface area contributed by atoms with Crippen molar-refractivity contribution in [2.75, 3.05) is 13.1 Å². The molecule has 1 spiro atoms. The first-order valence-corrected chi connectivity index (χ1v) is 8.94. The van der Waals surface area contributed by atoms with Crippen molar-refractivity contribution in [3.63, 3.8) is 0 Å². The van der Waals surface area contributed by atoms with E-state index in [1.54, 1.807) is 6.07 Å². The zero-order valence-electron chi connectivity index (χ0n) is 13.0. The molecule has 1 N–H and O–H groups in total. The lowest BCUT2D eigenvalue weighted by Crippen LogP contribution is -2.73. The smallest absolute Gasteiger partial charge is 0.411 e. The molecule has 4 aliphatic rings. The summed E-state index contributed by atoms with van der Waals surface area (Å²) in [6.45, 7) is -0.185. The second-order valence-corrected chi connectivity index (χ2v) is 7.59. The van der Waals surface area contributed by atoms with Crippen LogP contribution in [0.3, 0.4) is 0 Å². The van der Waals surface area contributed by atoms with Crippen LogP contribution in [0.15, 0.2) is 17.5 Å². The number of hydrogen-bond donors (Lipinski definition) is 1. The fraction of sp³-hybridized carbons (Fsp3) is 0.562. The summed E-state index contributed by atoms with van der Waals surface area (Å²) in [6.07, 6.45) is 2.53. The number of aliphatic carboxylic acids is 1. The molecule has 5 rings (SSSR count). The molecular formula is C16H18N2O5S. The highest BCUT2D eigenvalue weighted by Gasteiger charge is 2.59. The van der Waals surface area contributed by atoms with E-state index in [1.807, 2.05) is 16.3 Å². The molecule has 1 atom stereocenters. The summed E-state index contributed by atoms with van der Waals surface area (Å²) in [4.78, 5) is 39.9. The van der Waals surface area contributed by atoms with E-state index in [0.29, 0.717) is 4.88 Å². The predicted molar refractivity (Wildman–Crippen MR) is 85.0 cm³/mol. The number of hydrogen-bond acceptors (Lipinski definition) is 5. The van der Waals surface area contributed by atoms with Crippen LogP contribution >= 0.6 is 11.3 Å². The summed E-state index contributed by atoms with van der Waals surface area (Å²) >= 11 is 1.39. The van der Waals surface area contributed by atoms with Gasteiger partial charge < -0.3 is 14.7 Å². The maximum atomic E-state index is 13.0. The summed E-state index contributed by atoms with van der Waals surface area (Å²) in [5, 5.41) is 10.9. The number of carbonyl (C=O) groups is 3. The standard InChI is InChI=1S/C16H18N2O5S/c19-13(20)9-17-8-12-16(23-15(17)22)5-3-10(4-6-16)18(12)14(21)11-2-1-7-24-11/h1-2,7,10,12H,3-6,8-9H2,(H,19,20). The van der Waals surface area contributed by atoms with Gasteiger partial charge in [-0.05, 0) is 37.1 Å². The normalized spacial score (nSPS) is 31.6. The van der Waals surface area contributed by atoms with E-state index in [-0.39, 0.29) is 24.5 Å². The molecule has 1 aliphatic carbocycles. The van der Waals surface area contributed by atoms with Crippen molar-refractivity contribution >= 4 is 29.3 Å². The quantitative estimate of drug-likeness (QED) is 0.898. The van der Waals surface area contributed by atoms with Gasteiger partial charge in [-0.25, -0.2) is 4.79 Å². The molecule has 2 amide bonds. The number of carboxylic acid groups (broad SMARTS) is 1. The highest BCUT2D eigenvalue weighted by atomic mass is 32.1. The molecule has 1 aromatic heterocycles. The molecule has 128 valence electrons. The molecule has 24 heavy (non-hydrogen) atoms. The van der Waals surface area contributed by atoms with E-state index in [9.17, 15) is 14.4 Å². The van der Waals surface area contributed by atoms with Gasteiger partial charge in [-0.15, -0.1) is 11.3 Å². The number of amides is 2. The molecule has 4 fully saturated rings. The van der Waals surface area contributed by atoms with Crippen LogP contribution in [-0.4, -0.2) is 63.7 Å². The minimum absolute atomic E-state index is 0.0444. The Morgan fingerprint density at radius 3 is 2.75 bits per heavy atom. The molecule has 7 nitrogen and oxygen atoms in total. The van der Waals surface area contributed by atoms with Crippen LogP contribution in [0.4, 0.5) is 4.79 Å². The number of piperidine rings is 2. The molecule has 1 saturated carbocycles. The van der Waals surface area contributed by atoms with E-state index in [4.69, 9.17) is 9.84 Å². The second-order valence-electron chi connectivity index (χ2n) is 6.64. The number of carbonyl (C=O) groups excluding carboxylic acids is 2. The van der Waals surface area contributed by atoms with Gasteiger partial charge >= 0.3 is 12.1 Å². The first-order valence-electron chi connectivity index (χ1n) is 8.06. The van der Waals surface area contributed by atoms with Gasteiger partial charge in [0.2, 0.25) is 0 Å². The Kier molecular flexibility index (Phi) is 3.52. The average Bonchev–Trinajstić information content (AvgIpc) is 3.08. The fourth-order valence-electron chi connectivity index (χ4n) is 4.28. The highest BCUT2D eigenvalue weighted by molar-refractivity contribution is 7.12. The molecule has 0 aromatic carbocycles. The highest BCUT2D eigenvalue weighted by Crippen LogP contribution is 2.48. The molecule has 4 heterocycles. The zero-order chi connectivity index (χ0) is 16.9. The molecule has 8 heteroatoms. The number of ether oxygens (including phenoxy) is 1.